The summed E-state index contributed by atoms with van der Waals surface area (Å²) in [7, 11) is 0. The van der Waals surface area contributed by atoms with Gasteiger partial charge in [-0.25, -0.2) is 9.78 Å². The normalized spacial score (nSPS) is 11.3. The second kappa shape index (κ2) is 5.63. The number of likely N-dealkylation sites (N-methyl/N-ethyl adjacent to an activating group) is 1. The zero-order valence-corrected chi connectivity index (χ0v) is 12.6. The largest absolute Gasteiger partial charge is 0.480 e. The van der Waals surface area contributed by atoms with Crippen molar-refractivity contribution >= 4 is 22.4 Å². The number of nitrogens with zero attached hydrogens (tertiary/aromatic N) is 2. The number of hydrogen-bond donors (Lipinski definition) is 1. The van der Waals surface area contributed by atoms with Crippen molar-refractivity contribution in [2.45, 2.75) is 26.3 Å². The maximum absolute atomic E-state index is 11.4. The van der Waals surface area contributed by atoms with Crippen LogP contribution in [0.4, 0.5) is 5.13 Å². The van der Waals surface area contributed by atoms with Crippen LogP contribution in [0.5, 0.6) is 0 Å². The number of hydrogen-bond acceptors (Lipinski definition) is 4. The fraction of sp³-hybridized carbons (Fsp3) is 0.333. The average Bonchev–Trinajstić information content (AvgIpc) is 2.89. The number of carboxylic acids is 1. The molecule has 1 heterocycles. The van der Waals surface area contributed by atoms with E-state index in [1.54, 1.807) is 13.8 Å². The average molecular weight is 290 g/mol. The Morgan fingerprint density at radius 1 is 1.35 bits per heavy atom. The van der Waals surface area contributed by atoms with Gasteiger partial charge in [0.25, 0.3) is 0 Å². The summed E-state index contributed by atoms with van der Waals surface area (Å²) in [6.07, 6.45) is 0. The first-order valence-electron chi connectivity index (χ1n) is 6.48. The molecule has 0 aliphatic heterocycles. The van der Waals surface area contributed by atoms with Gasteiger partial charge in [0.2, 0.25) is 0 Å². The molecule has 0 saturated heterocycles. The Morgan fingerprint density at radius 2 is 2.00 bits per heavy atom. The number of carboxylic acid groups (broad SMARTS) is 1. The van der Waals surface area contributed by atoms with Gasteiger partial charge in [0.05, 0.1) is 5.69 Å². The second-order valence-electron chi connectivity index (χ2n) is 4.99. The van der Waals surface area contributed by atoms with Gasteiger partial charge in [0, 0.05) is 17.5 Å². The minimum atomic E-state index is -0.972. The van der Waals surface area contributed by atoms with Crippen LogP contribution in [-0.4, -0.2) is 28.1 Å². The van der Waals surface area contributed by atoms with Gasteiger partial charge in [-0.3, -0.25) is 0 Å². The predicted octanol–water partition coefficient (Wildman–Crippen LogP) is 3.50. The highest BCUT2D eigenvalue weighted by atomic mass is 32.1. The maximum Gasteiger partial charge on any atom is 0.329 e. The summed E-state index contributed by atoms with van der Waals surface area (Å²) in [4.78, 5) is 17.8. The number of benzene rings is 1. The minimum absolute atomic E-state index is 0.598. The number of carbonyl (C=O) groups is 1. The van der Waals surface area contributed by atoms with Crippen LogP contribution in [0.3, 0.4) is 0 Å². The van der Waals surface area contributed by atoms with E-state index in [0.29, 0.717) is 6.54 Å². The summed E-state index contributed by atoms with van der Waals surface area (Å²) < 4.78 is 0. The first-order chi connectivity index (χ1) is 9.46. The predicted molar refractivity (Wildman–Crippen MR) is 82.3 cm³/mol. The maximum atomic E-state index is 11.4. The van der Waals surface area contributed by atoms with E-state index in [1.807, 2.05) is 47.5 Å². The van der Waals surface area contributed by atoms with Crippen molar-refractivity contribution in [1.29, 1.82) is 0 Å². The lowest BCUT2D eigenvalue weighted by atomic mass is 10.0. The quantitative estimate of drug-likeness (QED) is 0.915. The number of anilines is 1. The van der Waals surface area contributed by atoms with Crippen LogP contribution in [0, 0.1) is 0 Å². The fourth-order valence-electron chi connectivity index (χ4n) is 2.01. The second-order valence-corrected chi connectivity index (χ2v) is 5.83. The van der Waals surface area contributed by atoms with Crippen LogP contribution in [0.15, 0.2) is 35.7 Å². The van der Waals surface area contributed by atoms with E-state index in [9.17, 15) is 9.90 Å². The number of rotatable bonds is 5. The van der Waals surface area contributed by atoms with Crippen LogP contribution in [0.2, 0.25) is 0 Å². The molecule has 1 N–H and O–H groups in total. The van der Waals surface area contributed by atoms with E-state index < -0.39 is 11.5 Å². The summed E-state index contributed by atoms with van der Waals surface area (Å²) in [6.45, 7) is 5.93. The fourth-order valence-corrected chi connectivity index (χ4v) is 3.06. The van der Waals surface area contributed by atoms with E-state index in [-0.39, 0.29) is 0 Å². The summed E-state index contributed by atoms with van der Waals surface area (Å²) in [5.41, 5.74) is 0.949. The summed E-state index contributed by atoms with van der Waals surface area (Å²) in [6, 6.07) is 9.89. The van der Waals surface area contributed by atoms with Gasteiger partial charge in [-0.1, -0.05) is 30.3 Å². The smallest absolute Gasteiger partial charge is 0.329 e. The third-order valence-electron chi connectivity index (χ3n) is 3.31. The third kappa shape index (κ3) is 2.67. The Hall–Kier alpha value is -1.88. The van der Waals surface area contributed by atoms with Crippen molar-refractivity contribution in [3.63, 3.8) is 0 Å². The third-order valence-corrected chi connectivity index (χ3v) is 4.17. The molecule has 2 aromatic rings. The van der Waals surface area contributed by atoms with Gasteiger partial charge in [-0.05, 0) is 20.8 Å². The van der Waals surface area contributed by atoms with E-state index in [1.165, 1.54) is 11.3 Å². The Labute approximate surface area is 122 Å². The molecular weight excluding hydrogens is 272 g/mol. The minimum Gasteiger partial charge on any atom is -0.480 e. The van der Waals surface area contributed by atoms with E-state index in [0.717, 1.165) is 16.4 Å². The molecule has 106 valence electrons. The molecule has 0 aliphatic carbocycles. The van der Waals surface area contributed by atoms with Crippen LogP contribution < -0.4 is 4.90 Å². The molecule has 0 aliphatic rings. The molecule has 1 aromatic heterocycles. The van der Waals surface area contributed by atoms with Gasteiger partial charge in [-0.2, -0.15) is 0 Å². The molecule has 0 unspecified atom stereocenters. The Balaban J connectivity index is 2.34. The summed E-state index contributed by atoms with van der Waals surface area (Å²) >= 11 is 1.47. The zero-order valence-electron chi connectivity index (χ0n) is 11.8. The Kier molecular flexibility index (Phi) is 4.09. The first kappa shape index (κ1) is 14.5. The molecule has 0 amide bonds. The molecule has 5 heteroatoms. The van der Waals surface area contributed by atoms with E-state index in [2.05, 4.69) is 4.98 Å². The number of aliphatic carboxylic acids is 1. The molecule has 0 saturated carbocycles. The van der Waals surface area contributed by atoms with E-state index in [4.69, 9.17) is 0 Å². The zero-order chi connectivity index (χ0) is 14.8. The van der Waals surface area contributed by atoms with Crippen LogP contribution >= 0.6 is 11.3 Å². The molecular formula is C15H18N2O2S. The van der Waals surface area contributed by atoms with Gasteiger partial charge >= 0.3 is 5.97 Å². The summed E-state index contributed by atoms with van der Waals surface area (Å²) in [5, 5.41) is 12.1. The molecule has 0 spiro atoms. The van der Waals surface area contributed by atoms with Crippen LogP contribution in [-0.2, 0) is 4.79 Å². The van der Waals surface area contributed by atoms with Crippen molar-refractivity contribution < 1.29 is 9.90 Å². The molecule has 0 radical (unpaired) electrons. The first-order valence-corrected chi connectivity index (χ1v) is 7.36. The highest BCUT2D eigenvalue weighted by Crippen LogP contribution is 2.31. The number of aromatic nitrogens is 1. The van der Waals surface area contributed by atoms with Gasteiger partial charge in [0.1, 0.15) is 5.54 Å². The summed E-state index contributed by atoms with van der Waals surface area (Å²) in [5.74, 6) is -0.851. The lowest BCUT2D eigenvalue weighted by Gasteiger charge is -2.33. The molecule has 0 bridgehead atoms. The van der Waals surface area contributed by atoms with Gasteiger partial charge in [0.15, 0.2) is 5.13 Å². The SMILES string of the molecule is CCN(c1nc(-c2ccccc2)cs1)C(C)(C)C(=O)O. The van der Waals surface area contributed by atoms with Gasteiger partial charge < -0.3 is 10.0 Å². The van der Waals surface area contributed by atoms with E-state index >= 15 is 0 Å². The van der Waals surface area contributed by atoms with Gasteiger partial charge in [-0.15, -0.1) is 11.3 Å². The Bertz CT molecular complexity index is 593. The van der Waals surface area contributed by atoms with Crippen molar-refractivity contribution in [3.05, 3.63) is 35.7 Å². The molecule has 1 aromatic carbocycles. The van der Waals surface area contributed by atoms with Crippen molar-refractivity contribution in [1.82, 2.24) is 4.98 Å². The van der Waals surface area contributed by atoms with Crippen molar-refractivity contribution in [3.8, 4) is 11.3 Å². The molecule has 0 fully saturated rings. The highest BCUT2D eigenvalue weighted by Gasteiger charge is 2.35. The van der Waals surface area contributed by atoms with Crippen molar-refractivity contribution in [2.24, 2.45) is 0 Å². The van der Waals surface area contributed by atoms with Crippen LogP contribution in [0.1, 0.15) is 20.8 Å². The molecule has 4 nitrogen and oxygen atoms in total. The Morgan fingerprint density at radius 3 is 2.55 bits per heavy atom. The lowest BCUT2D eigenvalue weighted by molar-refractivity contribution is -0.142. The molecule has 2 rings (SSSR count). The standard InChI is InChI=1S/C15H18N2O2S/c1-4-17(15(2,3)13(18)19)14-16-12(10-20-14)11-8-6-5-7-9-11/h5-10H,4H2,1-3H3,(H,18,19). The lowest BCUT2D eigenvalue weighted by Crippen LogP contribution is -2.50. The molecule has 20 heavy (non-hydrogen) atoms. The van der Waals surface area contributed by atoms with Crippen LogP contribution in [0.25, 0.3) is 11.3 Å². The molecule has 0 atom stereocenters. The van der Waals surface area contributed by atoms with Crippen molar-refractivity contribution in [2.75, 3.05) is 11.4 Å². The number of thiazole rings is 1. The highest BCUT2D eigenvalue weighted by molar-refractivity contribution is 7.14. The topological polar surface area (TPSA) is 53.4 Å². The monoisotopic (exact) mass is 290 g/mol.